The molecule has 2 nitrogen and oxygen atoms in total. The Kier molecular flexibility index (Phi) is 5.61. The first-order chi connectivity index (χ1) is 6.52. The third-order valence-corrected chi connectivity index (χ3v) is 1.89. The van der Waals surface area contributed by atoms with Crippen LogP contribution in [0.3, 0.4) is 0 Å². The van der Waals surface area contributed by atoms with Gasteiger partial charge >= 0.3 is 0 Å². The lowest BCUT2D eigenvalue weighted by Crippen LogP contribution is -2.18. The second-order valence-corrected chi connectivity index (χ2v) is 3.40. The number of hydrogen-bond donors (Lipinski definition) is 1. The van der Waals surface area contributed by atoms with Crippen molar-refractivity contribution in [2.45, 2.75) is 20.8 Å². The van der Waals surface area contributed by atoms with Gasteiger partial charge in [0.25, 0.3) is 0 Å². The van der Waals surface area contributed by atoms with Crippen molar-refractivity contribution in [2.75, 3.05) is 7.05 Å². The lowest BCUT2D eigenvalue weighted by molar-refractivity contribution is -0.116. The van der Waals surface area contributed by atoms with E-state index in [0.29, 0.717) is 11.5 Å². The first kappa shape index (κ1) is 12.7. The Hall–Kier alpha value is -1.31. The maximum absolute atomic E-state index is 11.2. The van der Waals surface area contributed by atoms with Crippen molar-refractivity contribution in [3.05, 3.63) is 36.0 Å². The van der Waals surface area contributed by atoms with Gasteiger partial charge in [-0.2, -0.15) is 0 Å². The van der Waals surface area contributed by atoms with E-state index in [4.69, 9.17) is 0 Å². The van der Waals surface area contributed by atoms with Gasteiger partial charge in [0.2, 0.25) is 5.91 Å². The normalized spacial score (nSPS) is 12.2. The molecule has 0 bridgehead atoms. The fourth-order valence-electron chi connectivity index (χ4n) is 1.03. The summed E-state index contributed by atoms with van der Waals surface area (Å²) in [7, 11) is 1.60. The molecule has 0 aliphatic carbocycles. The zero-order valence-electron chi connectivity index (χ0n) is 9.42. The fraction of sp³-hybridized carbons (Fsp3) is 0.417. The van der Waals surface area contributed by atoms with Crippen LogP contribution >= 0.6 is 0 Å². The molecule has 80 valence electrons. The number of carbonyl (C=O) groups is 1. The molecule has 0 fully saturated rings. The first-order valence-electron chi connectivity index (χ1n) is 4.78. The lowest BCUT2D eigenvalue weighted by atomic mass is 10.00. The number of nitrogens with one attached hydrogen (secondary N) is 1. The average molecular weight is 195 g/mol. The second kappa shape index (κ2) is 6.19. The van der Waals surface area contributed by atoms with Gasteiger partial charge in [-0.3, -0.25) is 4.79 Å². The summed E-state index contributed by atoms with van der Waals surface area (Å²) in [6.45, 7) is 9.84. The third-order valence-electron chi connectivity index (χ3n) is 1.89. The summed E-state index contributed by atoms with van der Waals surface area (Å²) < 4.78 is 0. The van der Waals surface area contributed by atoms with E-state index < -0.39 is 0 Å². The summed E-state index contributed by atoms with van der Waals surface area (Å²) in [6.07, 6.45) is 5.78. The fourth-order valence-corrected chi connectivity index (χ4v) is 1.03. The molecule has 0 unspecified atom stereocenters. The molecule has 0 radical (unpaired) electrons. The predicted molar refractivity (Wildman–Crippen MR) is 63.1 cm³/mol. The van der Waals surface area contributed by atoms with Crippen molar-refractivity contribution in [1.82, 2.24) is 5.32 Å². The molecule has 0 rings (SSSR count). The number of likely N-dealkylation sites (N-methyl/N-ethyl adjacent to an activating group) is 1. The molecular formula is C12H21NO. The molecular weight excluding hydrogens is 174 g/mol. The maximum atomic E-state index is 11.2. The van der Waals surface area contributed by atoms with Gasteiger partial charge in [0.05, 0.1) is 0 Å². The summed E-state index contributed by atoms with van der Waals surface area (Å²) in [6, 6.07) is 0. The van der Waals surface area contributed by atoms with Crippen molar-refractivity contribution in [1.29, 1.82) is 0 Å². The van der Waals surface area contributed by atoms with Crippen LogP contribution in [0.5, 0.6) is 0 Å². The molecule has 14 heavy (non-hydrogen) atoms. The van der Waals surface area contributed by atoms with Crippen LogP contribution in [-0.2, 0) is 4.79 Å². The van der Waals surface area contributed by atoms with Crippen LogP contribution in [0.15, 0.2) is 36.0 Å². The number of allylic oxidation sites excluding steroid dienone is 3. The Morgan fingerprint density at radius 2 is 2.07 bits per heavy atom. The zero-order valence-corrected chi connectivity index (χ0v) is 9.42. The number of amides is 1. The smallest absolute Gasteiger partial charge is 0.250 e. The van der Waals surface area contributed by atoms with E-state index in [0.717, 1.165) is 5.57 Å². The van der Waals surface area contributed by atoms with E-state index in [1.54, 1.807) is 7.05 Å². The van der Waals surface area contributed by atoms with Gasteiger partial charge in [0.1, 0.15) is 0 Å². The summed E-state index contributed by atoms with van der Waals surface area (Å²) in [5.41, 5.74) is 1.61. The topological polar surface area (TPSA) is 29.1 Å². The number of rotatable bonds is 4. The lowest BCUT2D eigenvalue weighted by Gasteiger charge is -2.07. The molecule has 0 aromatic carbocycles. The molecule has 0 saturated carbocycles. The summed E-state index contributed by atoms with van der Waals surface area (Å²) in [4.78, 5) is 11.2. The van der Waals surface area contributed by atoms with Crippen molar-refractivity contribution in [2.24, 2.45) is 5.92 Å². The minimum atomic E-state index is -0.132. The Balaban J connectivity index is 0. The molecule has 0 aromatic heterocycles. The minimum absolute atomic E-state index is 0. The van der Waals surface area contributed by atoms with E-state index in [-0.39, 0.29) is 7.33 Å². The van der Waals surface area contributed by atoms with E-state index in [1.165, 1.54) is 0 Å². The number of carbonyl (C=O) groups excluding carboxylic acids is 1. The molecule has 1 amide bonds. The maximum Gasteiger partial charge on any atom is 0.250 e. The Bertz CT molecular complexity index is 277. The predicted octanol–water partition coefficient (Wildman–Crippen LogP) is 2.69. The van der Waals surface area contributed by atoms with Crippen molar-refractivity contribution < 1.29 is 6.22 Å². The van der Waals surface area contributed by atoms with Crippen LogP contribution in [0, 0.1) is 5.92 Å². The van der Waals surface area contributed by atoms with Gasteiger partial charge in [-0.1, -0.05) is 32.6 Å². The van der Waals surface area contributed by atoms with Crippen LogP contribution in [0.25, 0.3) is 0 Å². The zero-order chi connectivity index (χ0) is 11.1. The van der Waals surface area contributed by atoms with Crippen LogP contribution in [0.2, 0.25) is 0 Å². The molecule has 0 aliphatic rings. The molecule has 0 spiro atoms. The molecule has 0 heterocycles. The van der Waals surface area contributed by atoms with E-state index >= 15 is 0 Å². The standard InChI is InChI=1S/C12H19NO.H2/c1-6-7-11(9(2)3)8-10(4)12(14)13-5;/h6-9H,4H2,1-3,5H3,(H,13,14);1H/b7-6-,11-8+;. The minimum Gasteiger partial charge on any atom is -0.355 e. The highest BCUT2D eigenvalue weighted by molar-refractivity contribution is 5.95. The van der Waals surface area contributed by atoms with E-state index in [9.17, 15) is 4.79 Å². The Labute approximate surface area is 87.9 Å². The SMILES string of the molecule is C=C(/C=C(\C=C/C)C(C)C)C(=O)NC.[HH]. The molecule has 0 aromatic rings. The van der Waals surface area contributed by atoms with Gasteiger partial charge in [-0.15, -0.1) is 0 Å². The highest BCUT2D eigenvalue weighted by Crippen LogP contribution is 2.13. The molecule has 0 aliphatic heterocycles. The third kappa shape index (κ3) is 4.08. The van der Waals surface area contributed by atoms with Gasteiger partial charge in [0.15, 0.2) is 0 Å². The van der Waals surface area contributed by atoms with Crippen LogP contribution in [0.4, 0.5) is 0 Å². The summed E-state index contributed by atoms with van der Waals surface area (Å²) >= 11 is 0. The number of hydrogen-bond acceptors (Lipinski definition) is 1. The second-order valence-electron chi connectivity index (χ2n) is 3.40. The van der Waals surface area contributed by atoms with Crippen molar-refractivity contribution in [3.63, 3.8) is 0 Å². The molecule has 1 N–H and O–H groups in total. The molecule has 0 atom stereocenters. The van der Waals surface area contributed by atoms with Gasteiger partial charge in [0, 0.05) is 14.0 Å². The molecule has 2 heteroatoms. The summed E-state index contributed by atoms with van der Waals surface area (Å²) in [5, 5.41) is 2.54. The van der Waals surface area contributed by atoms with Gasteiger partial charge in [-0.05, 0) is 24.5 Å². The Morgan fingerprint density at radius 3 is 2.43 bits per heavy atom. The Morgan fingerprint density at radius 1 is 1.50 bits per heavy atom. The van der Waals surface area contributed by atoms with Crippen LogP contribution in [-0.4, -0.2) is 13.0 Å². The van der Waals surface area contributed by atoms with Crippen molar-refractivity contribution in [3.8, 4) is 0 Å². The quantitative estimate of drug-likeness (QED) is 0.542. The van der Waals surface area contributed by atoms with Crippen LogP contribution < -0.4 is 5.32 Å². The monoisotopic (exact) mass is 195 g/mol. The van der Waals surface area contributed by atoms with Gasteiger partial charge in [-0.25, -0.2) is 0 Å². The van der Waals surface area contributed by atoms with Gasteiger partial charge < -0.3 is 5.32 Å². The van der Waals surface area contributed by atoms with E-state index in [1.807, 2.05) is 25.2 Å². The highest BCUT2D eigenvalue weighted by Gasteiger charge is 2.04. The first-order valence-corrected chi connectivity index (χ1v) is 4.78. The largest absolute Gasteiger partial charge is 0.355 e. The average Bonchev–Trinajstić information content (AvgIpc) is 2.15. The van der Waals surface area contributed by atoms with Crippen LogP contribution in [0.1, 0.15) is 22.2 Å². The molecule has 0 saturated heterocycles. The van der Waals surface area contributed by atoms with E-state index in [2.05, 4.69) is 25.7 Å². The highest BCUT2D eigenvalue weighted by atomic mass is 16.1. The van der Waals surface area contributed by atoms with Crippen molar-refractivity contribution >= 4 is 5.91 Å². The summed E-state index contributed by atoms with van der Waals surface area (Å²) in [5.74, 6) is 0.264.